The molecule has 0 spiro atoms. The smallest absolute Gasteiger partial charge is 0.311 e. The Kier molecular flexibility index (Phi) is 9.46. The number of hydrogen-bond donors (Lipinski definition) is 1. The number of aromatic amines is 1. The molecule has 38 heavy (non-hydrogen) atoms. The lowest BCUT2D eigenvalue weighted by molar-refractivity contribution is -0.139. The minimum atomic E-state index is -0.544. The van der Waals surface area contributed by atoms with Crippen LogP contribution in [0.25, 0.3) is 5.69 Å². The largest absolute Gasteiger partial charge is 0.469 e. The number of methoxy groups -OCH3 is 2. The van der Waals surface area contributed by atoms with Gasteiger partial charge < -0.3 is 14.2 Å². The molecule has 1 aliphatic heterocycles. The van der Waals surface area contributed by atoms with E-state index >= 15 is 0 Å². The Morgan fingerprint density at radius 3 is 2.58 bits per heavy atom. The number of benzene rings is 2. The fourth-order valence-corrected chi connectivity index (χ4v) is 4.59. The third kappa shape index (κ3) is 6.57. The van der Waals surface area contributed by atoms with Crippen molar-refractivity contribution < 1.29 is 23.4 Å². The number of carbonyl (C=O) groups excluding carboxylic acids is 1. The van der Waals surface area contributed by atoms with Crippen molar-refractivity contribution >= 4 is 23.3 Å². The van der Waals surface area contributed by atoms with Crippen molar-refractivity contribution in [1.29, 1.82) is 0 Å². The van der Waals surface area contributed by atoms with E-state index in [1.807, 2.05) is 18.2 Å². The molecule has 0 bridgehead atoms. The molecule has 1 N–H and O–H groups in total. The van der Waals surface area contributed by atoms with Gasteiger partial charge in [-0.25, -0.2) is 9.07 Å². The highest BCUT2D eigenvalue weighted by atomic mass is 35.5. The molecule has 9 nitrogen and oxygen atoms in total. The third-order valence-corrected chi connectivity index (χ3v) is 6.59. The van der Waals surface area contributed by atoms with Gasteiger partial charge in [0.05, 0.1) is 67.6 Å². The van der Waals surface area contributed by atoms with Crippen molar-refractivity contribution in [2.24, 2.45) is 4.99 Å². The van der Waals surface area contributed by atoms with Gasteiger partial charge in [0.1, 0.15) is 5.82 Å². The van der Waals surface area contributed by atoms with E-state index in [2.05, 4.69) is 16.1 Å². The van der Waals surface area contributed by atoms with Crippen molar-refractivity contribution in [3.63, 3.8) is 0 Å². The average molecular weight is 545 g/mol. The molecule has 2 heterocycles. The van der Waals surface area contributed by atoms with Crippen molar-refractivity contribution in [3.8, 4) is 5.69 Å². The summed E-state index contributed by atoms with van der Waals surface area (Å²) < 4.78 is 30.5. The first kappa shape index (κ1) is 27.7. The van der Waals surface area contributed by atoms with Crippen molar-refractivity contribution in [1.82, 2.24) is 14.7 Å². The van der Waals surface area contributed by atoms with Crippen LogP contribution in [-0.4, -0.2) is 73.5 Å². The fourth-order valence-electron chi connectivity index (χ4n) is 4.34. The molecule has 1 fully saturated rings. The number of halogens is 2. The molecule has 4 rings (SSSR count). The van der Waals surface area contributed by atoms with E-state index in [-0.39, 0.29) is 29.3 Å². The van der Waals surface area contributed by atoms with Gasteiger partial charge in [0.2, 0.25) is 0 Å². The van der Waals surface area contributed by atoms with E-state index in [9.17, 15) is 14.0 Å². The number of H-pyrrole nitrogens is 1. The molecule has 11 heteroatoms. The summed E-state index contributed by atoms with van der Waals surface area (Å²) in [5.74, 6) is -1.08. The molecule has 1 aromatic heterocycles. The number of aliphatic imine (C=N–C) groups is 1. The molecule has 2 aromatic carbocycles. The average Bonchev–Trinajstić information content (AvgIpc) is 3.22. The standard InChI is InChI=1S/C27H30ClFN4O5/c1-36-17-23(30-15-18-5-3-4-6-19(18)16-32-9-11-38-12-10-32)26-22(14-25(34)37-2)31-33(27(26)35)24-8-7-20(29)13-21(24)28/h3-8,13,31H,9-12,14-17H2,1-2H3. The minimum absolute atomic E-state index is 0.0318. The van der Waals surface area contributed by atoms with Gasteiger partial charge in [-0.1, -0.05) is 35.9 Å². The van der Waals surface area contributed by atoms with Gasteiger partial charge in [-0.15, -0.1) is 0 Å². The number of nitrogens with zero attached hydrogens (tertiary/aromatic N) is 3. The molecule has 0 aliphatic carbocycles. The number of esters is 1. The third-order valence-electron chi connectivity index (χ3n) is 6.29. The molecule has 0 unspecified atom stereocenters. The lowest BCUT2D eigenvalue weighted by Crippen LogP contribution is -2.35. The Labute approximate surface area is 224 Å². The molecule has 0 atom stereocenters. The number of hydrogen-bond acceptors (Lipinski definition) is 7. The predicted octanol–water partition coefficient (Wildman–Crippen LogP) is 3.14. The summed E-state index contributed by atoms with van der Waals surface area (Å²) in [6.07, 6.45) is -0.205. The quantitative estimate of drug-likeness (QED) is 0.311. The molecular formula is C27H30ClFN4O5. The Morgan fingerprint density at radius 1 is 1.16 bits per heavy atom. The number of carbonyl (C=O) groups is 1. The molecular weight excluding hydrogens is 515 g/mol. The number of nitrogens with one attached hydrogen (secondary N) is 1. The highest BCUT2D eigenvalue weighted by Gasteiger charge is 2.23. The summed E-state index contributed by atoms with van der Waals surface area (Å²) in [6, 6.07) is 11.7. The van der Waals surface area contributed by atoms with Gasteiger partial charge in [0.25, 0.3) is 5.56 Å². The summed E-state index contributed by atoms with van der Waals surface area (Å²) in [5, 5.41) is 2.97. The van der Waals surface area contributed by atoms with E-state index in [1.165, 1.54) is 31.0 Å². The van der Waals surface area contributed by atoms with Gasteiger partial charge in [0, 0.05) is 26.7 Å². The van der Waals surface area contributed by atoms with E-state index in [0.29, 0.717) is 31.2 Å². The SMILES string of the molecule is COCC(=NCc1ccccc1CN1CCOCC1)c1c(CC(=O)OC)[nH]n(-c2ccc(F)cc2Cl)c1=O. The van der Waals surface area contributed by atoms with Crippen molar-refractivity contribution in [2.75, 3.05) is 47.1 Å². The molecule has 1 saturated heterocycles. The molecule has 0 radical (unpaired) electrons. The zero-order valence-electron chi connectivity index (χ0n) is 21.3. The second kappa shape index (κ2) is 13.0. The summed E-state index contributed by atoms with van der Waals surface area (Å²) in [7, 11) is 2.77. The minimum Gasteiger partial charge on any atom is -0.469 e. The number of rotatable bonds is 10. The van der Waals surface area contributed by atoms with Gasteiger partial charge in [-0.05, 0) is 29.3 Å². The second-order valence-corrected chi connectivity index (χ2v) is 9.21. The summed E-state index contributed by atoms with van der Waals surface area (Å²) in [4.78, 5) is 32.9. The Hall–Kier alpha value is -3.31. The van der Waals surface area contributed by atoms with Crippen LogP contribution in [0.1, 0.15) is 22.4 Å². The van der Waals surface area contributed by atoms with Crippen molar-refractivity contribution in [2.45, 2.75) is 19.5 Å². The first-order valence-electron chi connectivity index (χ1n) is 12.2. The van der Waals surface area contributed by atoms with Crippen LogP contribution >= 0.6 is 11.6 Å². The summed E-state index contributed by atoms with van der Waals surface area (Å²) in [5.41, 5.74) is 2.74. The lowest BCUT2D eigenvalue weighted by Gasteiger charge is -2.27. The van der Waals surface area contributed by atoms with Crippen LogP contribution in [0.5, 0.6) is 0 Å². The monoisotopic (exact) mass is 544 g/mol. The van der Waals surface area contributed by atoms with Crippen molar-refractivity contribution in [3.05, 3.63) is 86.0 Å². The maximum Gasteiger partial charge on any atom is 0.311 e. The van der Waals surface area contributed by atoms with Gasteiger partial charge in [0.15, 0.2) is 0 Å². The zero-order valence-corrected chi connectivity index (χ0v) is 22.1. The summed E-state index contributed by atoms with van der Waals surface area (Å²) >= 11 is 6.23. The highest BCUT2D eigenvalue weighted by molar-refractivity contribution is 6.32. The molecule has 202 valence electrons. The molecule has 3 aromatic rings. The van der Waals surface area contributed by atoms with Gasteiger partial charge >= 0.3 is 5.97 Å². The van der Waals surface area contributed by atoms with Crippen LogP contribution in [0.4, 0.5) is 4.39 Å². The molecule has 1 aliphatic rings. The van der Waals surface area contributed by atoms with E-state index in [1.54, 1.807) is 0 Å². The van der Waals surface area contributed by atoms with Crippen LogP contribution in [-0.2, 0) is 38.5 Å². The van der Waals surface area contributed by atoms with Gasteiger partial charge in [-0.2, -0.15) is 0 Å². The maximum atomic E-state index is 13.6. The van der Waals surface area contributed by atoms with Crippen LogP contribution in [0.3, 0.4) is 0 Å². The number of aromatic nitrogens is 2. The number of ether oxygens (including phenoxy) is 3. The maximum absolute atomic E-state index is 13.6. The first-order valence-corrected chi connectivity index (χ1v) is 12.5. The zero-order chi connectivity index (χ0) is 27.1. The first-order chi connectivity index (χ1) is 18.4. The highest BCUT2D eigenvalue weighted by Crippen LogP contribution is 2.21. The van der Waals surface area contributed by atoms with Gasteiger partial charge in [-0.3, -0.25) is 24.6 Å². The van der Waals surface area contributed by atoms with E-state index in [4.69, 9.17) is 30.8 Å². The summed E-state index contributed by atoms with van der Waals surface area (Å²) in [6.45, 7) is 4.24. The van der Waals surface area contributed by atoms with Crippen LogP contribution in [0.15, 0.2) is 52.3 Å². The van der Waals surface area contributed by atoms with E-state index in [0.717, 1.165) is 36.8 Å². The number of morpholine rings is 1. The Morgan fingerprint density at radius 2 is 1.89 bits per heavy atom. The fraction of sp³-hybridized carbons (Fsp3) is 0.370. The molecule has 0 amide bonds. The lowest BCUT2D eigenvalue weighted by atomic mass is 10.1. The Balaban J connectivity index is 1.73. The van der Waals surface area contributed by atoms with Crippen LogP contribution in [0, 0.1) is 5.82 Å². The van der Waals surface area contributed by atoms with Crippen LogP contribution < -0.4 is 5.56 Å². The normalized spacial score (nSPS) is 14.6. The topological polar surface area (TPSA) is 98.2 Å². The molecule has 0 saturated carbocycles. The van der Waals surface area contributed by atoms with E-state index < -0.39 is 17.3 Å². The Bertz CT molecular complexity index is 1360. The second-order valence-electron chi connectivity index (χ2n) is 8.81. The predicted molar refractivity (Wildman–Crippen MR) is 142 cm³/mol. The van der Waals surface area contributed by atoms with Crippen LogP contribution in [0.2, 0.25) is 5.02 Å².